The van der Waals surface area contributed by atoms with E-state index in [1.54, 1.807) is 32.4 Å². The normalized spacial score (nSPS) is 18.7. The third kappa shape index (κ3) is 3.53. The van der Waals surface area contributed by atoms with E-state index in [2.05, 4.69) is 4.99 Å². The molecule has 0 spiro atoms. The molecule has 0 atom stereocenters. The number of carbonyl (C=O) groups is 2. The Bertz CT molecular complexity index is 599. The molecule has 0 N–H and O–H groups in total. The van der Waals surface area contributed by atoms with Crippen LogP contribution in [-0.4, -0.2) is 32.0 Å². The number of ketones is 2. The summed E-state index contributed by atoms with van der Waals surface area (Å²) in [6.07, 6.45) is 2.21. The van der Waals surface area contributed by atoms with Gasteiger partial charge in [-0.15, -0.1) is 0 Å². The topological polar surface area (TPSA) is 65.0 Å². The summed E-state index contributed by atoms with van der Waals surface area (Å²) in [7, 11) is 3.10. The van der Waals surface area contributed by atoms with Crippen LogP contribution >= 0.6 is 0 Å². The first-order valence-corrected chi connectivity index (χ1v) is 7.18. The van der Waals surface area contributed by atoms with Gasteiger partial charge in [0.2, 0.25) is 0 Å². The van der Waals surface area contributed by atoms with Crippen molar-refractivity contribution in [2.45, 2.75) is 26.7 Å². The minimum absolute atomic E-state index is 0.0770. The van der Waals surface area contributed by atoms with Crippen LogP contribution in [0.1, 0.15) is 26.7 Å². The van der Waals surface area contributed by atoms with Crippen molar-refractivity contribution >= 4 is 23.5 Å². The third-order valence-corrected chi connectivity index (χ3v) is 3.75. The second-order valence-electron chi connectivity index (χ2n) is 6.24. The van der Waals surface area contributed by atoms with Crippen LogP contribution in [0, 0.1) is 11.3 Å². The maximum atomic E-state index is 12.2. The van der Waals surface area contributed by atoms with Crippen LogP contribution in [0.5, 0.6) is 11.5 Å². The molecular weight excluding hydrogens is 282 g/mol. The standard InChI is InChI=1S/C17H21NO4/c1-17(2)8-14(19)12(15(20)9-17)10-18-13-7-11(21-3)5-6-16(13)22-4/h5-7,10,12H,8-9H2,1-4H3. The number of carbonyl (C=O) groups excluding carboxylic acids is 2. The molecule has 1 aliphatic carbocycles. The van der Waals surface area contributed by atoms with Gasteiger partial charge in [-0.3, -0.25) is 14.6 Å². The van der Waals surface area contributed by atoms with Crippen LogP contribution in [0.25, 0.3) is 0 Å². The quantitative estimate of drug-likeness (QED) is 0.633. The summed E-state index contributed by atoms with van der Waals surface area (Å²) in [5.41, 5.74) is 0.277. The Balaban J connectivity index is 2.25. The van der Waals surface area contributed by atoms with Gasteiger partial charge in [-0.1, -0.05) is 13.8 Å². The van der Waals surface area contributed by atoms with E-state index in [-0.39, 0.29) is 17.0 Å². The van der Waals surface area contributed by atoms with Gasteiger partial charge >= 0.3 is 0 Å². The van der Waals surface area contributed by atoms with Crippen molar-refractivity contribution in [3.8, 4) is 11.5 Å². The molecule has 0 unspecified atom stereocenters. The molecule has 118 valence electrons. The molecule has 5 heteroatoms. The highest BCUT2D eigenvalue weighted by atomic mass is 16.5. The molecule has 1 saturated carbocycles. The summed E-state index contributed by atoms with van der Waals surface area (Å²) in [5.74, 6) is 0.283. The lowest BCUT2D eigenvalue weighted by Crippen LogP contribution is -2.38. The molecule has 22 heavy (non-hydrogen) atoms. The van der Waals surface area contributed by atoms with Gasteiger partial charge in [-0.05, 0) is 17.5 Å². The van der Waals surface area contributed by atoms with Crippen molar-refractivity contribution in [1.29, 1.82) is 0 Å². The Morgan fingerprint density at radius 1 is 1.14 bits per heavy atom. The molecule has 1 aromatic carbocycles. The van der Waals surface area contributed by atoms with Crippen LogP contribution in [-0.2, 0) is 9.59 Å². The van der Waals surface area contributed by atoms with E-state index in [0.29, 0.717) is 30.0 Å². The van der Waals surface area contributed by atoms with Crippen molar-refractivity contribution in [3.05, 3.63) is 18.2 Å². The highest BCUT2D eigenvalue weighted by Gasteiger charge is 2.38. The fourth-order valence-corrected chi connectivity index (χ4v) is 2.62. The summed E-state index contributed by atoms with van der Waals surface area (Å²) < 4.78 is 10.4. The number of ether oxygens (including phenoxy) is 2. The number of hydrogen-bond donors (Lipinski definition) is 0. The number of benzene rings is 1. The smallest absolute Gasteiger partial charge is 0.149 e. The molecule has 0 saturated heterocycles. The molecule has 0 aromatic heterocycles. The first-order chi connectivity index (χ1) is 10.4. The molecule has 0 aliphatic heterocycles. The Morgan fingerprint density at radius 2 is 1.77 bits per heavy atom. The van der Waals surface area contributed by atoms with Crippen molar-refractivity contribution in [3.63, 3.8) is 0 Å². The summed E-state index contributed by atoms with van der Waals surface area (Å²) in [5, 5.41) is 0. The number of aliphatic imine (C=N–C) groups is 1. The maximum Gasteiger partial charge on any atom is 0.149 e. The lowest BCUT2D eigenvalue weighted by Gasteiger charge is -2.30. The summed E-state index contributed by atoms with van der Waals surface area (Å²) >= 11 is 0. The second kappa shape index (κ2) is 6.30. The number of methoxy groups -OCH3 is 2. The van der Waals surface area contributed by atoms with Gasteiger partial charge in [0.1, 0.15) is 34.7 Å². The Hall–Kier alpha value is -2.17. The Kier molecular flexibility index (Phi) is 4.64. The van der Waals surface area contributed by atoms with Crippen LogP contribution in [0.15, 0.2) is 23.2 Å². The maximum absolute atomic E-state index is 12.2. The van der Waals surface area contributed by atoms with Crippen LogP contribution in [0.4, 0.5) is 5.69 Å². The SMILES string of the molecule is COc1ccc(OC)c(N=CC2C(=O)CC(C)(C)CC2=O)c1. The van der Waals surface area contributed by atoms with E-state index >= 15 is 0 Å². The first-order valence-electron chi connectivity index (χ1n) is 7.18. The molecule has 1 fully saturated rings. The van der Waals surface area contributed by atoms with Crippen molar-refractivity contribution < 1.29 is 19.1 Å². The minimum Gasteiger partial charge on any atom is -0.497 e. The second-order valence-corrected chi connectivity index (χ2v) is 6.24. The molecule has 5 nitrogen and oxygen atoms in total. The van der Waals surface area contributed by atoms with Gasteiger partial charge in [0.05, 0.1) is 14.2 Å². The molecule has 0 heterocycles. The molecule has 2 rings (SSSR count). The predicted octanol–water partition coefficient (Wildman–Crippen LogP) is 2.98. The zero-order valence-electron chi connectivity index (χ0n) is 13.4. The van der Waals surface area contributed by atoms with Gasteiger partial charge in [-0.2, -0.15) is 0 Å². The van der Waals surface area contributed by atoms with E-state index in [4.69, 9.17) is 9.47 Å². The predicted molar refractivity (Wildman–Crippen MR) is 84.2 cm³/mol. The molecular formula is C17H21NO4. The molecule has 1 aromatic rings. The Labute approximate surface area is 130 Å². The van der Waals surface area contributed by atoms with Gasteiger partial charge < -0.3 is 9.47 Å². The average Bonchev–Trinajstić information content (AvgIpc) is 2.44. The van der Waals surface area contributed by atoms with Gasteiger partial charge in [0, 0.05) is 25.1 Å². The first kappa shape index (κ1) is 16.2. The van der Waals surface area contributed by atoms with Crippen molar-refractivity contribution in [2.75, 3.05) is 14.2 Å². The van der Waals surface area contributed by atoms with E-state index in [9.17, 15) is 9.59 Å². The van der Waals surface area contributed by atoms with Crippen LogP contribution < -0.4 is 9.47 Å². The minimum atomic E-state index is -0.760. The molecule has 0 amide bonds. The summed E-state index contributed by atoms with van der Waals surface area (Å²) in [6, 6.07) is 5.20. The molecule has 1 aliphatic rings. The van der Waals surface area contributed by atoms with E-state index in [1.165, 1.54) is 6.21 Å². The van der Waals surface area contributed by atoms with Gasteiger partial charge in [0.15, 0.2) is 0 Å². The van der Waals surface area contributed by atoms with E-state index in [0.717, 1.165) is 0 Å². The zero-order valence-corrected chi connectivity index (χ0v) is 13.4. The number of Topliss-reactive ketones (excluding diaryl/α,β-unsaturated/α-hetero) is 2. The number of rotatable bonds is 4. The van der Waals surface area contributed by atoms with Gasteiger partial charge in [0.25, 0.3) is 0 Å². The summed E-state index contributed by atoms with van der Waals surface area (Å²) in [4.78, 5) is 28.6. The highest BCUT2D eigenvalue weighted by Crippen LogP contribution is 2.35. The van der Waals surface area contributed by atoms with Crippen molar-refractivity contribution in [2.24, 2.45) is 16.3 Å². The molecule has 0 radical (unpaired) electrons. The molecule has 0 bridgehead atoms. The number of nitrogens with zero attached hydrogens (tertiary/aromatic N) is 1. The monoisotopic (exact) mass is 303 g/mol. The fraction of sp³-hybridized carbons (Fsp3) is 0.471. The lowest BCUT2D eigenvalue weighted by atomic mass is 9.72. The van der Waals surface area contributed by atoms with Gasteiger partial charge in [-0.25, -0.2) is 0 Å². The fourth-order valence-electron chi connectivity index (χ4n) is 2.62. The average molecular weight is 303 g/mol. The largest absolute Gasteiger partial charge is 0.497 e. The van der Waals surface area contributed by atoms with E-state index in [1.807, 2.05) is 13.8 Å². The Morgan fingerprint density at radius 3 is 2.32 bits per heavy atom. The van der Waals surface area contributed by atoms with Crippen LogP contribution in [0.2, 0.25) is 0 Å². The third-order valence-electron chi connectivity index (χ3n) is 3.75. The van der Waals surface area contributed by atoms with Crippen molar-refractivity contribution in [1.82, 2.24) is 0 Å². The lowest BCUT2D eigenvalue weighted by molar-refractivity contribution is -0.136. The highest BCUT2D eigenvalue weighted by molar-refractivity contribution is 6.16. The zero-order chi connectivity index (χ0) is 16.3. The number of hydrogen-bond acceptors (Lipinski definition) is 5. The van der Waals surface area contributed by atoms with Crippen LogP contribution in [0.3, 0.4) is 0 Å². The summed E-state index contributed by atoms with van der Waals surface area (Å²) in [6.45, 7) is 3.86. The van der Waals surface area contributed by atoms with E-state index < -0.39 is 5.92 Å².